The van der Waals surface area contributed by atoms with Crippen molar-refractivity contribution in [1.82, 2.24) is 19.1 Å². The third-order valence-corrected chi connectivity index (χ3v) is 6.43. The van der Waals surface area contributed by atoms with E-state index in [9.17, 15) is 4.79 Å². The molecule has 26 heavy (non-hydrogen) atoms. The number of anilines is 1. The van der Waals surface area contributed by atoms with Crippen molar-refractivity contribution in [3.05, 3.63) is 45.5 Å². The first-order valence-electron chi connectivity index (χ1n) is 8.99. The molecule has 2 aromatic heterocycles. The van der Waals surface area contributed by atoms with Crippen LogP contribution in [0.15, 0.2) is 34.3 Å². The standard InChI is InChI=1S/C18H22ClN5OS/c1-20-15-11-22-24(18(25)17(15)19)14-6-8-23(9-7-14)26-16-5-4-13(10-21-16)12-2-3-12/h4-5,10-12,14,20H,2-3,6-9H2,1H3. The summed E-state index contributed by atoms with van der Waals surface area (Å²) < 4.78 is 3.85. The number of nitrogens with one attached hydrogen (secondary N) is 1. The number of hydrogen-bond acceptors (Lipinski definition) is 6. The molecule has 2 aromatic rings. The van der Waals surface area contributed by atoms with Crippen molar-refractivity contribution >= 4 is 29.2 Å². The second-order valence-corrected chi connectivity index (χ2v) is 8.32. The van der Waals surface area contributed by atoms with Crippen LogP contribution in [0.2, 0.25) is 5.02 Å². The molecule has 1 N–H and O–H groups in total. The molecule has 0 amide bonds. The van der Waals surface area contributed by atoms with Gasteiger partial charge in [0.1, 0.15) is 10.0 Å². The Morgan fingerprint density at radius 1 is 1.19 bits per heavy atom. The van der Waals surface area contributed by atoms with E-state index in [-0.39, 0.29) is 16.6 Å². The molecular formula is C18H22ClN5OS. The van der Waals surface area contributed by atoms with Gasteiger partial charge in [-0.15, -0.1) is 0 Å². The molecule has 0 spiro atoms. The molecular weight excluding hydrogens is 370 g/mol. The van der Waals surface area contributed by atoms with Crippen LogP contribution in [0.5, 0.6) is 0 Å². The Hall–Kier alpha value is -1.57. The van der Waals surface area contributed by atoms with Crippen molar-refractivity contribution in [2.24, 2.45) is 0 Å². The van der Waals surface area contributed by atoms with Crippen molar-refractivity contribution in [3.8, 4) is 0 Å². The van der Waals surface area contributed by atoms with Crippen LogP contribution in [0.4, 0.5) is 5.69 Å². The zero-order valence-electron chi connectivity index (χ0n) is 14.7. The number of nitrogens with zero attached hydrogens (tertiary/aromatic N) is 4. The Morgan fingerprint density at radius 3 is 2.58 bits per heavy atom. The first-order chi connectivity index (χ1) is 12.7. The van der Waals surface area contributed by atoms with Gasteiger partial charge in [0, 0.05) is 26.3 Å². The lowest BCUT2D eigenvalue weighted by Crippen LogP contribution is -2.36. The molecule has 0 bridgehead atoms. The average molecular weight is 392 g/mol. The Balaban J connectivity index is 1.36. The van der Waals surface area contributed by atoms with Crippen LogP contribution in [0, 0.1) is 0 Å². The first kappa shape index (κ1) is 17.8. The van der Waals surface area contributed by atoms with Crippen molar-refractivity contribution in [2.75, 3.05) is 25.5 Å². The molecule has 2 fully saturated rings. The molecule has 0 atom stereocenters. The van der Waals surface area contributed by atoms with Crippen molar-refractivity contribution in [3.63, 3.8) is 0 Å². The molecule has 138 valence electrons. The second-order valence-electron chi connectivity index (χ2n) is 6.83. The molecule has 1 aliphatic heterocycles. The highest BCUT2D eigenvalue weighted by atomic mass is 35.5. The summed E-state index contributed by atoms with van der Waals surface area (Å²) in [4.78, 5) is 17.0. The molecule has 1 saturated carbocycles. The molecule has 6 nitrogen and oxygen atoms in total. The van der Waals surface area contributed by atoms with Gasteiger partial charge in [0.05, 0.1) is 17.9 Å². The van der Waals surface area contributed by atoms with Gasteiger partial charge in [-0.25, -0.2) is 14.0 Å². The van der Waals surface area contributed by atoms with E-state index >= 15 is 0 Å². The highest BCUT2D eigenvalue weighted by Crippen LogP contribution is 2.40. The molecule has 3 heterocycles. The SMILES string of the molecule is CNc1cnn(C2CCN(Sc3ccc(C4CC4)cn3)CC2)c(=O)c1Cl. The van der Waals surface area contributed by atoms with Crippen LogP contribution in [0.3, 0.4) is 0 Å². The van der Waals surface area contributed by atoms with Crippen LogP contribution in [0.1, 0.15) is 43.2 Å². The van der Waals surface area contributed by atoms with E-state index in [1.54, 1.807) is 25.2 Å². The van der Waals surface area contributed by atoms with Crippen LogP contribution < -0.4 is 10.9 Å². The van der Waals surface area contributed by atoms with Crippen LogP contribution in [0.25, 0.3) is 0 Å². The predicted molar refractivity (Wildman–Crippen MR) is 105 cm³/mol. The maximum absolute atomic E-state index is 12.4. The van der Waals surface area contributed by atoms with Crippen molar-refractivity contribution in [1.29, 1.82) is 0 Å². The first-order valence-corrected chi connectivity index (χ1v) is 10.1. The third kappa shape index (κ3) is 3.75. The van der Waals surface area contributed by atoms with E-state index in [2.05, 4.69) is 31.8 Å². The van der Waals surface area contributed by atoms with Gasteiger partial charge < -0.3 is 5.32 Å². The minimum absolute atomic E-state index is 0.0907. The molecule has 4 rings (SSSR count). The summed E-state index contributed by atoms with van der Waals surface area (Å²) in [5.41, 5.74) is 1.71. The summed E-state index contributed by atoms with van der Waals surface area (Å²) in [7, 11) is 1.73. The van der Waals surface area contributed by atoms with Gasteiger partial charge in [-0.05, 0) is 55.2 Å². The number of piperidine rings is 1. The van der Waals surface area contributed by atoms with E-state index in [4.69, 9.17) is 11.6 Å². The number of rotatable bonds is 5. The van der Waals surface area contributed by atoms with Crippen LogP contribution in [-0.4, -0.2) is 39.2 Å². The lowest BCUT2D eigenvalue weighted by Gasteiger charge is -2.31. The average Bonchev–Trinajstić information content (AvgIpc) is 3.51. The largest absolute Gasteiger partial charge is 0.385 e. The van der Waals surface area contributed by atoms with E-state index in [1.807, 2.05) is 6.20 Å². The Labute approximate surface area is 162 Å². The van der Waals surface area contributed by atoms with Gasteiger partial charge in [-0.2, -0.15) is 5.10 Å². The maximum atomic E-state index is 12.4. The molecule has 0 aromatic carbocycles. The third-order valence-electron chi connectivity index (χ3n) is 5.01. The summed E-state index contributed by atoms with van der Waals surface area (Å²) in [5, 5.41) is 8.42. The highest BCUT2D eigenvalue weighted by molar-refractivity contribution is 7.97. The number of pyridine rings is 1. The van der Waals surface area contributed by atoms with Crippen molar-refractivity contribution < 1.29 is 0 Å². The molecule has 0 unspecified atom stereocenters. The molecule has 8 heteroatoms. The minimum Gasteiger partial charge on any atom is -0.385 e. The number of aromatic nitrogens is 3. The fourth-order valence-electron chi connectivity index (χ4n) is 3.29. The summed E-state index contributed by atoms with van der Waals surface area (Å²) >= 11 is 7.83. The Bertz CT molecular complexity index is 828. The van der Waals surface area contributed by atoms with Crippen molar-refractivity contribution in [2.45, 2.75) is 42.7 Å². The normalized spacial score (nSPS) is 18.8. The van der Waals surface area contributed by atoms with Gasteiger partial charge >= 0.3 is 0 Å². The van der Waals surface area contributed by atoms with E-state index < -0.39 is 0 Å². The fraction of sp³-hybridized carbons (Fsp3) is 0.500. The van der Waals surface area contributed by atoms with Gasteiger partial charge in [-0.1, -0.05) is 17.7 Å². The lowest BCUT2D eigenvalue weighted by atomic mass is 10.1. The number of halogens is 1. The van der Waals surface area contributed by atoms with Gasteiger partial charge in [0.15, 0.2) is 0 Å². The van der Waals surface area contributed by atoms with Gasteiger partial charge in [0.2, 0.25) is 0 Å². The summed E-state index contributed by atoms with van der Waals surface area (Å²) in [6.07, 6.45) is 7.98. The lowest BCUT2D eigenvalue weighted by molar-refractivity contribution is 0.268. The predicted octanol–water partition coefficient (Wildman–Crippen LogP) is 3.56. The summed E-state index contributed by atoms with van der Waals surface area (Å²) in [6.45, 7) is 1.78. The molecule has 1 saturated heterocycles. The van der Waals surface area contributed by atoms with E-state index in [0.717, 1.165) is 36.9 Å². The smallest absolute Gasteiger partial charge is 0.287 e. The second kappa shape index (κ2) is 7.58. The molecule has 0 radical (unpaired) electrons. The Morgan fingerprint density at radius 2 is 1.96 bits per heavy atom. The van der Waals surface area contributed by atoms with E-state index in [1.165, 1.54) is 23.1 Å². The topological polar surface area (TPSA) is 63.1 Å². The maximum Gasteiger partial charge on any atom is 0.287 e. The zero-order valence-corrected chi connectivity index (χ0v) is 16.3. The monoisotopic (exact) mass is 391 g/mol. The molecule has 1 aliphatic carbocycles. The molecule has 2 aliphatic rings. The Kier molecular flexibility index (Phi) is 5.20. The minimum atomic E-state index is -0.220. The van der Waals surface area contributed by atoms with E-state index in [0.29, 0.717) is 5.69 Å². The van der Waals surface area contributed by atoms with Gasteiger partial charge in [0.25, 0.3) is 5.56 Å². The summed E-state index contributed by atoms with van der Waals surface area (Å²) in [5.74, 6) is 0.740. The quantitative estimate of drug-likeness (QED) is 0.786. The van der Waals surface area contributed by atoms with Crippen LogP contribution in [-0.2, 0) is 0 Å². The zero-order chi connectivity index (χ0) is 18.1. The van der Waals surface area contributed by atoms with Gasteiger partial charge in [-0.3, -0.25) is 4.79 Å². The fourth-order valence-corrected chi connectivity index (χ4v) is 4.41. The highest BCUT2D eigenvalue weighted by Gasteiger charge is 2.25. The van der Waals surface area contributed by atoms with Crippen LogP contribution >= 0.6 is 23.5 Å². The summed E-state index contributed by atoms with van der Waals surface area (Å²) in [6, 6.07) is 4.41. The number of hydrogen-bond donors (Lipinski definition) is 1.